The Kier molecular flexibility index (Phi) is 7.52. The monoisotopic (exact) mass is 419 g/mol. The first kappa shape index (κ1) is 21.6. The van der Waals surface area contributed by atoms with Gasteiger partial charge in [0.05, 0.1) is 26.1 Å². The molecule has 0 saturated carbocycles. The molecule has 0 aromatic heterocycles. The summed E-state index contributed by atoms with van der Waals surface area (Å²) in [5.74, 6) is 1.58. The zero-order chi connectivity index (χ0) is 20.7. The zero-order valence-corrected chi connectivity index (χ0v) is 17.9. The fourth-order valence-corrected chi connectivity index (χ4v) is 4.91. The summed E-state index contributed by atoms with van der Waals surface area (Å²) in [6.07, 6.45) is 2.52. The molecule has 2 aromatic rings. The van der Waals surface area contributed by atoms with Crippen LogP contribution in [0, 0.1) is 0 Å². The second-order valence-electron chi connectivity index (χ2n) is 7.20. The number of sulfonamides is 1. The first-order valence-electron chi connectivity index (χ1n) is 9.85. The lowest BCUT2D eigenvalue weighted by Gasteiger charge is -2.23. The minimum atomic E-state index is -3.45. The summed E-state index contributed by atoms with van der Waals surface area (Å²) in [4.78, 5) is 0. The molecule has 6 nitrogen and oxygen atoms in total. The van der Waals surface area contributed by atoms with E-state index in [1.807, 2.05) is 48.5 Å². The third-order valence-corrected chi connectivity index (χ3v) is 6.95. The smallest absolute Gasteiger partial charge is 0.214 e. The first-order valence-corrected chi connectivity index (χ1v) is 11.5. The average molecular weight is 420 g/mol. The molecule has 0 spiro atoms. The Labute approximate surface area is 173 Å². The highest BCUT2D eigenvalue weighted by molar-refractivity contribution is 7.89. The van der Waals surface area contributed by atoms with Crippen LogP contribution in [0.15, 0.2) is 48.5 Å². The Hall–Kier alpha value is -2.09. The maximum Gasteiger partial charge on any atom is 0.214 e. The van der Waals surface area contributed by atoms with E-state index in [0.717, 1.165) is 42.1 Å². The number of hydrogen-bond acceptors (Lipinski definition) is 5. The van der Waals surface area contributed by atoms with Crippen molar-refractivity contribution in [2.24, 2.45) is 0 Å². The van der Waals surface area contributed by atoms with Crippen LogP contribution in [-0.4, -0.2) is 45.4 Å². The van der Waals surface area contributed by atoms with E-state index in [-0.39, 0.29) is 11.9 Å². The molecular weight excluding hydrogens is 390 g/mol. The van der Waals surface area contributed by atoms with Gasteiger partial charge in [0.15, 0.2) is 0 Å². The summed E-state index contributed by atoms with van der Waals surface area (Å²) < 4.78 is 43.9. The maximum atomic E-state index is 13.2. The first-order chi connectivity index (χ1) is 14.0. The van der Waals surface area contributed by atoms with Crippen molar-refractivity contribution in [1.82, 2.24) is 4.31 Å². The molecule has 1 fully saturated rings. The number of hydrogen-bond donors (Lipinski definition) is 0. The van der Waals surface area contributed by atoms with E-state index in [4.69, 9.17) is 14.2 Å². The molecule has 0 unspecified atom stereocenters. The highest BCUT2D eigenvalue weighted by Gasteiger charge is 2.25. The molecule has 1 aliphatic heterocycles. The van der Waals surface area contributed by atoms with E-state index in [1.54, 1.807) is 18.5 Å². The number of benzene rings is 2. The summed E-state index contributed by atoms with van der Waals surface area (Å²) in [6, 6.07) is 15.0. The fourth-order valence-electron chi connectivity index (χ4n) is 3.40. The minimum Gasteiger partial charge on any atom is -0.497 e. The van der Waals surface area contributed by atoms with Gasteiger partial charge in [0.1, 0.15) is 11.5 Å². The van der Waals surface area contributed by atoms with E-state index in [0.29, 0.717) is 19.5 Å². The molecule has 1 heterocycles. The second-order valence-corrected chi connectivity index (χ2v) is 9.29. The van der Waals surface area contributed by atoms with Crippen molar-refractivity contribution >= 4 is 10.0 Å². The number of ether oxygens (including phenoxy) is 3. The third-order valence-electron chi connectivity index (χ3n) is 5.15. The van der Waals surface area contributed by atoms with Crippen LogP contribution in [0.5, 0.6) is 11.5 Å². The lowest BCUT2D eigenvalue weighted by Crippen LogP contribution is -2.33. The van der Waals surface area contributed by atoms with Crippen LogP contribution in [0.3, 0.4) is 0 Å². The van der Waals surface area contributed by atoms with E-state index >= 15 is 0 Å². The van der Waals surface area contributed by atoms with Crippen molar-refractivity contribution in [3.05, 3.63) is 59.7 Å². The van der Waals surface area contributed by atoms with Crippen molar-refractivity contribution < 1.29 is 22.6 Å². The summed E-state index contributed by atoms with van der Waals surface area (Å²) in [5, 5.41) is 0. The Morgan fingerprint density at radius 2 is 1.45 bits per heavy atom. The van der Waals surface area contributed by atoms with Crippen LogP contribution in [0.1, 0.15) is 30.4 Å². The van der Waals surface area contributed by atoms with Gasteiger partial charge in [0, 0.05) is 19.7 Å². The van der Waals surface area contributed by atoms with Crippen LogP contribution in [-0.2, 0) is 27.8 Å². The van der Waals surface area contributed by atoms with Crippen LogP contribution < -0.4 is 9.47 Å². The van der Waals surface area contributed by atoms with Gasteiger partial charge in [0.25, 0.3) is 0 Å². The molecule has 1 atom stereocenters. The molecule has 0 N–H and O–H groups in total. The molecule has 29 heavy (non-hydrogen) atoms. The molecule has 0 radical (unpaired) electrons. The molecule has 0 amide bonds. The van der Waals surface area contributed by atoms with Gasteiger partial charge >= 0.3 is 0 Å². The largest absolute Gasteiger partial charge is 0.497 e. The van der Waals surface area contributed by atoms with Crippen molar-refractivity contribution in [3.63, 3.8) is 0 Å². The maximum absolute atomic E-state index is 13.2. The molecular formula is C22H29NO5S. The third kappa shape index (κ3) is 6.19. The van der Waals surface area contributed by atoms with Gasteiger partial charge in [-0.25, -0.2) is 8.42 Å². The van der Waals surface area contributed by atoms with Crippen LogP contribution >= 0.6 is 0 Å². The summed E-state index contributed by atoms with van der Waals surface area (Å²) in [5.41, 5.74) is 1.83. The van der Waals surface area contributed by atoms with Crippen LogP contribution in [0.2, 0.25) is 0 Å². The van der Waals surface area contributed by atoms with Crippen molar-refractivity contribution in [3.8, 4) is 11.5 Å². The predicted octanol–water partition coefficient (Wildman–Crippen LogP) is 3.60. The highest BCUT2D eigenvalue weighted by atomic mass is 32.2. The molecule has 0 aliphatic carbocycles. The van der Waals surface area contributed by atoms with Crippen molar-refractivity contribution in [2.45, 2.75) is 38.5 Å². The Morgan fingerprint density at radius 1 is 0.931 bits per heavy atom. The van der Waals surface area contributed by atoms with Gasteiger partial charge < -0.3 is 14.2 Å². The van der Waals surface area contributed by atoms with Crippen LogP contribution in [0.25, 0.3) is 0 Å². The topological polar surface area (TPSA) is 65.1 Å². The predicted molar refractivity (Wildman–Crippen MR) is 113 cm³/mol. The van der Waals surface area contributed by atoms with Gasteiger partial charge in [-0.15, -0.1) is 0 Å². The lowest BCUT2D eigenvalue weighted by molar-refractivity contribution is 0.108. The Balaban J connectivity index is 1.76. The van der Waals surface area contributed by atoms with E-state index < -0.39 is 10.0 Å². The highest BCUT2D eigenvalue weighted by Crippen LogP contribution is 2.22. The standard InChI is InChI=1S/C22H29NO5S/c1-26-20-9-5-18(6-10-20)16-23(17-19-7-11-21(27-2)12-8-19)29(24,25)15-13-22-4-3-14-28-22/h5-12,22H,3-4,13-17H2,1-2H3/t22-/m0/s1. The van der Waals surface area contributed by atoms with Gasteiger partial charge in [-0.3, -0.25) is 0 Å². The van der Waals surface area contributed by atoms with Gasteiger partial charge in [0.2, 0.25) is 10.0 Å². The zero-order valence-electron chi connectivity index (χ0n) is 17.0. The summed E-state index contributed by atoms with van der Waals surface area (Å²) in [7, 11) is -0.223. The number of nitrogens with zero attached hydrogens (tertiary/aromatic N) is 1. The Morgan fingerprint density at radius 3 is 1.86 bits per heavy atom. The van der Waals surface area contributed by atoms with Gasteiger partial charge in [-0.1, -0.05) is 24.3 Å². The van der Waals surface area contributed by atoms with Crippen molar-refractivity contribution in [2.75, 3.05) is 26.6 Å². The van der Waals surface area contributed by atoms with E-state index in [1.165, 1.54) is 0 Å². The quantitative estimate of drug-likeness (QED) is 0.589. The summed E-state index contributed by atoms with van der Waals surface area (Å²) in [6.45, 7) is 1.35. The van der Waals surface area contributed by atoms with Gasteiger partial charge in [-0.05, 0) is 54.7 Å². The van der Waals surface area contributed by atoms with Crippen LogP contribution in [0.4, 0.5) is 0 Å². The molecule has 3 rings (SSSR count). The van der Waals surface area contributed by atoms with E-state index in [2.05, 4.69) is 0 Å². The molecule has 2 aromatic carbocycles. The lowest BCUT2D eigenvalue weighted by atomic mass is 10.2. The molecule has 1 saturated heterocycles. The second kappa shape index (κ2) is 10.1. The molecule has 0 bridgehead atoms. The molecule has 7 heteroatoms. The van der Waals surface area contributed by atoms with Gasteiger partial charge in [-0.2, -0.15) is 4.31 Å². The van der Waals surface area contributed by atoms with E-state index in [9.17, 15) is 8.42 Å². The Bertz CT molecular complexity index is 810. The fraction of sp³-hybridized carbons (Fsp3) is 0.455. The summed E-state index contributed by atoms with van der Waals surface area (Å²) >= 11 is 0. The number of rotatable bonds is 10. The minimum absolute atomic E-state index is 0.0496. The SMILES string of the molecule is COc1ccc(CN(Cc2ccc(OC)cc2)S(=O)(=O)CC[C@@H]2CCCO2)cc1. The molecule has 1 aliphatic rings. The van der Waals surface area contributed by atoms with Crippen molar-refractivity contribution in [1.29, 1.82) is 0 Å². The number of methoxy groups -OCH3 is 2. The molecule has 158 valence electrons. The average Bonchev–Trinajstić information content (AvgIpc) is 3.27. The normalized spacial score (nSPS) is 16.9.